The molecule has 2 aliphatic heterocycles. The van der Waals surface area contributed by atoms with E-state index in [-0.39, 0.29) is 10.8 Å². The summed E-state index contributed by atoms with van der Waals surface area (Å²) in [5, 5.41) is 1.69. The van der Waals surface area contributed by atoms with Crippen molar-refractivity contribution in [3.63, 3.8) is 0 Å². The standard InChI is InChI=1S/C16H24N2O4S2/c1-12-9-13(2)11-17(10-12)16(19)15-14(3-8-23-15)24(20,21)18-4-6-22-7-5-18/h3,8,12-13H,4-7,9-11H2,1-2H3. The number of carbonyl (C=O) groups excluding carboxylic acids is 1. The summed E-state index contributed by atoms with van der Waals surface area (Å²) in [6.07, 6.45) is 1.10. The molecular formula is C16H24N2O4S2. The monoisotopic (exact) mass is 372 g/mol. The quantitative estimate of drug-likeness (QED) is 0.813. The second-order valence-electron chi connectivity index (χ2n) is 6.79. The van der Waals surface area contributed by atoms with Gasteiger partial charge in [-0.1, -0.05) is 13.8 Å². The zero-order valence-electron chi connectivity index (χ0n) is 14.1. The van der Waals surface area contributed by atoms with Crippen molar-refractivity contribution in [2.45, 2.75) is 25.2 Å². The number of rotatable bonds is 3. The van der Waals surface area contributed by atoms with Gasteiger partial charge < -0.3 is 9.64 Å². The lowest BCUT2D eigenvalue weighted by molar-refractivity contribution is 0.0623. The van der Waals surface area contributed by atoms with Gasteiger partial charge in [-0.25, -0.2) is 8.42 Å². The Morgan fingerprint density at radius 2 is 1.83 bits per heavy atom. The van der Waals surface area contributed by atoms with Crippen molar-refractivity contribution < 1.29 is 17.9 Å². The van der Waals surface area contributed by atoms with Gasteiger partial charge in [-0.05, 0) is 29.7 Å². The number of piperidine rings is 1. The van der Waals surface area contributed by atoms with Crippen molar-refractivity contribution in [1.29, 1.82) is 0 Å². The molecule has 8 heteroatoms. The predicted molar refractivity (Wildman–Crippen MR) is 92.7 cm³/mol. The van der Waals surface area contributed by atoms with Crippen LogP contribution in [-0.2, 0) is 14.8 Å². The molecule has 0 aliphatic carbocycles. The third-order valence-electron chi connectivity index (χ3n) is 4.57. The van der Waals surface area contributed by atoms with E-state index in [2.05, 4.69) is 13.8 Å². The molecule has 1 aromatic rings. The Morgan fingerprint density at radius 3 is 2.46 bits per heavy atom. The second kappa shape index (κ2) is 7.11. The molecule has 6 nitrogen and oxygen atoms in total. The van der Waals surface area contributed by atoms with Gasteiger partial charge in [0.2, 0.25) is 10.0 Å². The van der Waals surface area contributed by atoms with E-state index in [9.17, 15) is 13.2 Å². The molecule has 2 fully saturated rings. The summed E-state index contributed by atoms with van der Waals surface area (Å²) >= 11 is 1.22. The van der Waals surface area contributed by atoms with Crippen LogP contribution in [0.25, 0.3) is 0 Å². The van der Waals surface area contributed by atoms with Crippen molar-refractivity contribution in [3.05, 3.63) is 16.3 Å². The molecule has 2 atom stereocenters. The van der Waals surface area contributed by atoms with Crippen LogP contribution in [0.2, 0.25) is 0 Å². The number of ether oxygens (including phenoxy) is 1. The van der Waals surface area contributed by atoms with E-state index in [0.29, 0.717) is 56.1 Å². The molecule has 3 heterocycles. The van der Waals surface area contributed by atoms with Crippen LogP contribution in [0, 0.1) is 11.8 Å². The van der Waals surface area contributed by atoms with E-state index in [1.807, 2.05) is 4.90 Å². The van der Waals surface area contributed by atoms with E-state index < -0.39 is 10.0 Å². The van der Waals surface area contributed by atoms with Crippen molar-refractivity contribution >= 4 is 27.3 Å². The topological polar surface area (TPSA) is 66.9 Å². The summed E-state index contributed by atoms with van der Waals surface area (Å²) in [7, 11) is -3.64. The van der Waals surface area contributed by atoms with Crippen LogP contribution in [0.5, 0.6) is 0 Å². The molecule has 0 radical (unpaired) electrons. The van der Waals surface area contributed by atoms with Crippen LogP contribution in [0.3, 0.4) is 0 Å². The number of carbonyl (C=O) groups is 1. The molecule has 3 rings (SSSR count). The Morgan fingerprint density at radius 1 is 1.21 bits per heavy atom. The number of morpholine rings is 1. The number of sulfonamides is 1. The van der Waals surface area contributed by atoms with Gasteiger partial charge in [-0.15, -0.1) is 11.3 Å². The Balaban J connectivity index is 1.85. The molecule has 1 aromatic heterocycles. The third kappa shape index (κ3) is 3.51. The molecular weight excluding hydrogens is 348 g/mol. The van der Waals surface area contributed by atoms with Gasteiger partial charge in [-0.2, -0.15) is 4.31 Å². The third-order valence-corrected chi connectivity index (χ3v) is 7.54. The maximum atomic E-state index is 12.9. The van der Waals surface area contributed by atoms with Crippen LogP contribution >= 0.6 is 11.3 Å². The van der Waals surface area contributed by atoms with Crippen LogP contribution in [0.15, 0.2) is 16.3 Å². The van der Waals surface area contributed by atoms with E-state index in [0.717, 1.165) is 6.42 Å². The zero-order chi connectivity index (χ0) is 17.3. The summed E-state index contributed by atoms with van der Waals surface area (Å²) in [5.41, 5.74) is 0. The lowest BCUT2D eigenvalue weighted by Gasteiger charge is -2.35. The molecule has 0 spiro atoms. The second-order valence-corrected chi connectivity index (χ2v) is 9.61. The predicted octanol–water partition coefficient (Wildman–Crippen LogP) is 1.89. The maximum absolute atomic E-state index is 12.9. The lowest BCUT2D eigenvalue weighted by atomic mass is 9.92. The van der Waals surface area contributed by atoms with Gasteiger partial charge in [0.05, 0.1) is 13.2 Å². The van der Waals surface area contributed by atoms with E-state index in [1.165, 1.54) is 15.6 Å². The normalized spacial score (nSPS) is 26.5. The summed E-state index contributed by atoms with van der Waals surface area (Å²) < 4.78 is 32.4. The summed E-state index contributed by atoms with van der Waals surface area (Å²) in [4.78, 5) is 15.2. The molecule has 2 unspecified atom stereocenters. The van der Waals surface area contributed by atoms with Gasteiger partial charge in [-0.3, -0.25) is 4.79 Å². The number of thiophene rings is 1. The molecule has 0 bridgehead atoms. The number of nitrogens with zero attached hydrogens (tertiary/aromatic N) is 2. The van der Waals surface area contributed by atoms with Crippen molar-refractivity contribution in [2.24, 2.45) is 11.8 Å². The fourth-order valence-electron chi connectivity index (χ4n) is 3.55. The van der Waals surface area contributed by atoms with Crippen LogP contribution in [-0.4, -0.2) is 62.9 Å². The smallest absolute Gasteiger partial charge is 0.265 e. The first-order valence-electron chi connectivity index (χ1n) is 8.34. The number of hydrogen-bond acceptors (Lipinski definition) is 5. The molecule has 134 valence electrons. The van der Waals surface area contributed by atoms with Gasteiger partial charge in [0.1, 0.15) is 9.77 Å². The fourth-order valence-corrected chi connectivity index (χ4v) is 6.33. The largest absolute Gasteiger partial charge is 0.379 e. The SMILES string of the molecule is CC1CC(C)CN(C(=O)c2sccc2S(=O)(=O)N2CCOCC2)C1. The molecule has 2 saturated heterocycles. The van der Waals surface area contributed by atoms with Crippen molar-refractivity contribution in [2.75, 3.05) is 39.4 Å². The average Bonchev–Trinajstić information content (AvgIpc) is 3.04. The average molecular weight is 373 g/mol. The highest BCUT2D eigenvalue weighted by Gasteiger charge is 2.34. The first-order chi connectivity index (χ1) is 11.4. The Bertz CT molecular complexity index is 685. The highest BCUT2D eigenvalue weighted by atomic mass is 32.2. The number of hydrogen-bond donors (Lipinski definition) is 0. The Labute approximate surface area is 147 Å². The van der Waals surface area contributed by atoms with Gasteiger partial charge in [0.25, 0.3) is 5.91 Å². The molecule has 1 amide bonds. The first kappa shape index (κ1) is 17.8. The van der Waals surface area contributed by atoms with Crippen LogP contribution in [0.1, 0.15) is 29.9 Å². The molecule has 24 heavy (non-hydrogen) atoms. The minimum absolute atomic E-state index is 0.144. The zero-order valence-corrected chi connectivity index (χ0v) is 15.7. The number of amides is 1. The van der Waals surface area contributed by atoms with Gasteiger partial charge >= 0.3 is 0 Å². The minimum Gasteiger partial charge on any atom is -0.379 e. The maximum Gasteiger partial charge on any atom is 0.265 e. The molecule has 2 aliphatic rings. The Kier molecular flexibility index (Phi) is 5.29. The van der Waals surface area contributed by atoms with E-state index in [1.54, 1.807) is 11.4 Å². The summed E-state index contributed by atoms with van der Waals surface area (Å²) in [5.74, 6) is 0.726. The minimum atomic E-state index is -3.64. The van der Waals surface area contributed by atoms with E-state index >= 15 is 0 Å². The molecule has 0 saturated carbocycles. The van der Waals surface area contributed by atoms with Crippen molar-refractivity contribution in [1.82, 2.24) is 9.21 Å². The molecule has 0 aromatic carbocycles. The summed E-state index contributed by atoms with van der Waals surface area (Å²) in [6.45, 7) is 7.12. The highest BCUT2D eigenvalue weighted by Crippen LogP contribution is 2.29. The first-order valence-corrected chi connectivity index (χ1v) is 10.7. The van der Waals surface area contributed by atoms with Crippen molar-refractivity contribution in [3.8, 4) is 0 Å². The van der Waals surface area contributed by atoms with Crippen LogP contribution < -0.4 is 0 Å². The highest BCUT2D eigenvalue weighted by molar-refractivity contribution is 7.89. The van der Waals surface area contributed by atoms with Gasteiger partial charge in [0, 0.05) is 26.2 Å². The van der Waals surface area contributed by atoms with Gasteiger partial charge in [0.15, 0.2) is 0 Å². The number of likely N-dealkylation sites (tertiary alicyclic amines) is 1. The summed E-state index contributed by atoms with van der Waals surface area (Å²) in [6, 6.07) is 1.56. The lowest BCUT2D eigenvalue weighted by Crippen LogP contribution is -2.44. The Hall–Kier alpha value is -0.960. The van der Waals surface area contributed by atoms with Crippen LogP contribution in [0.4, 0.5) is 0 Å². The fraction of sp³-hybridized carbons (Fsp3) is 0.688. The van der Waals surface area contributed by atoms with E-state index in [4.69, 9.17) is 4.74 Å². The molecule has 0 N–H and O–H groups in total.